The van der Waals surface area contributed by atoms with Gasteiger partial charge in [-0.25, -0.2) is 0 Å². The normalized spacial score (nSPS) is 24.6. The molecule has 0 spiro atoms. The van der Waals surface area contributed by atoms with Crippen LogP contribution in [0.1, 0.15) is 31.4 Å². The van der Waals surface area contributed by atoms with Crippen LogP contribution in [0.15, 0.2) is 24.3 Å². The van der Waals surface area contributed by atoms with Gasteiger partial charge in [0.05, 0.1) is 12.2 Å². The van der Waals surface area contributed by atoms with Crippen LogP contribution in [0.5, 0.6) is 5.75 Å². The molecule has 112 valence electrons. The monoisotopic (exact) mass is 290 g/mol. The number of aliphatic hydroxyl groups excluding tert-OH is 1. The largest absolute Gasteiger partial charge is 0.573 e. The molecule has 0 amide bonds. The van der Waals surface area contributed by atoms with Crippen molar-refractivity contribution in [3.63, 3.8) is 0 Å². The highest BCUT2D eigenvalue weighted by molar-refractivity contribution is 5.30. The fraction of sp³-hybridized carbons (Fsp3) is 0.571. The third-order valence-electron chi connectivity index (χ3n) is 3.50. The van der Waals surface area contributed by atoms with Gasteiger partial charge in [-0.05, 0) is 30.5 Å². The van der Waals surface area contributed by atoms with Crippen molar-refractivity contribution in [3.05, 3.63) is 29.8 Å². The zero-order valence-electron chi connectivity index (χ0n) is 11.1. The van der Waals surface area contributed by atoms with Gasteiger partial charge in [0.25, 0.3) is 0 Å². The van der Waals surface area contributed by atoms with Gasteiger partial charge in [-0.3, -0.25) is 0 Å². The summed E-state index contributed by atoms with van der Waals surface area (Å²) in [6.45, 7) is 2.53. The van der Waals surface area contributed by atoms with E-state index in [-0.39, 0.29) is 17.8 Å². The Morgan fingerprint density at radius 2 is 2.20 bits per heavy atom. The maximum absolute atomic E-state index is 12.2. The Labute approximate surface area is 115 Å². The van der Waals surface area contributed by atoms with E-state index in [0.717, 1.165) is 6.42 Å². The van der Waals surface area contributed by atoms with Gasteiger partial charge < -0.3 is 14.6 Å². The predicted molar refractivity (Wildman–Crippen MR) is 66.2 cm³/mol. The number of hydrogen-bond acceptors (Lipinski definition) is 3. The molecule has 1 aliphatic rings. The van der Waals surface area contributed by atoms with Crippen molar-refractivity contribution < 1.29 is 27.8 Å². The number of aliphatic hydroxyl groups is 1. The molecule has 1 N–H and O–H groups in total. The van der Waals surface area contributed by atoms with Crippen molar-refractivity contribution in [1.82, 2.24) is 0 Å². The fourth-order valence-electron chi connectivity index (χ4n) is 2.59. The van der Waals surface area contributed by atoms with Crippen molar-refractivity contribution in [3.8, 4) is 5.75 Å². The Balaban J connectivity index is 2.14. The number of rotatable bonds is 4. The summed E-state index contributed by atoms with van der Waals surface area (Å²) in [5.41, 5.74) is 0.417. The maximum atomic E-state index is 12.2. The molecule has 1 aliphatic heterocycles. The van der Waals surface area contributed by atoms with Gasteiger partial charge in [0.2, 0.25) is 0 Å². The molecule has 0 radical (unpaired) electrons. The second-order valence-corrected chi connectivity index (χ2v) is 4.84. The lowest BCUT2D eigenvalue weighted by Crippen LogP contribution is -2.22. The van der Waals surface area contributed by atoms with Gasteiger partial charge in [0, 0.05) is 12.5 Å². The molecular formula is C14H17F3O3. The molecule has 1 aromatic rings. The summed E-state index contributed by atoms with van der Waals surface area (Å²) in [5, 5.41) is 10.3. The first-order valence-corrected chi connectivity index (χ1v) is 6.56. The molecule has 1 saturated heterocycles. The summed E-state index contributed by atoms with van der Waals surface area (Å²) in [7, 11) is 0. The third kappa shape index (κ3) is 3.64. The van der Waals surface area contributed by atoms with E-state index in [1.54, 1.807) is 6.07 Å². The molecule has 6 heteroatoms. The van der Waals surface area contributed by atoms with E-state index in [1.807, 2.05) is 6.92 Å². The van der Waals surface area contributed by atoms with Gasteiger partial charge in [-0.1, -0.05) is 19.1 Å². The molecule has 1 aromatic carbocycles. The molecule has 0 bridgehead atoms. The van der Waals surface area contributed by atoms with Crippen molar-refractivity contribution in [2.75, 3.05) is 6.61 Å². The molecule has 1 fully saturated rings. The summed E-state index contributed by atoms with van der Waals surface area (Å²) in [4.78, 5) is 0. The van der Waals surface area contributed by atoms with E-state index in [1.165, 1.54) is 18.2 Å². The van der Waals surface area contributed by atoms with Gasteiger partial charge in [0.1, 0.15) is 5.75 Å². The summed E-state index contributed by atoms with van der Waals surface area (Å²) < 4.78 is 45.9. The molecule has 3 nitrogen and oxygen atoms in total. The summed E-state index contributed by atoms with van der Waals surface area (Å²) >= 11 is 0. The lowest BCUT2D eigenvalue weighted by Gasteiger charge is -2.23. The van der Waals surface area contributed by atoms with Gasteiger partial charge in [-0.2, -0.15) is 0 Å². The minimum Gasteiger partial charge on any atom is -0.406 e. The average molecular weight is 290 g/mol. The lowest BCUT2D eigenvalue weighted by atomic mass is 9.89. The topological polar surface area (TPSA) is 38.7 Å². The standard InChI is InChI=1S/C14H17F3O3/c1-2-12-11(6-7-19-12)13(18)9-4-3-5-10(8-9)20-14(15,16)17/h3-5,8,11-13,18H,2,6-7H2,1H3. The summed E-state index contributed by atoms with van der Waals surface area (Å²) in [6, 6.07) is 5.48. The third-order valence-corrected chi connectivity index (χ3v) is 3.50. The van der Waals surface area contributed by atoms with Crippen molar-refractivity contribution in [1.29, 1.82) is 0 Å². The second-order valence-electron chi connectivity index (χ2n) is 4.84. The molecule has 0 aromatic heterocycles. The number of halogens is 3. The van der Waals surface area contributed by atoms with Crippen LogP contribution in [0.4, 0.5) is 13.2 Å². The van der Waals surface area contributed by atoms with E-state index in [9.17, 15) is 18.3 Å². The first-order chi connectivity index (χ1) is 9.40. The maximum Gasteiger partial charge on any atom is 0.573 e. The van der Waals surface area contributed by atoms with E-state index in [2.05, 4.69) is 4.74 Å². The zero-order chi connectivity index (χ0) is 14.8. The Morgan fingerprint density at radius 1 is 1.45 bits per heavy atom. The smallest absolute Gasteiger partial charge is 0.406 e. The predicted octanol–water partition coefficient (Wildman–Crippen LogP) is 3.43. The van der Waals surface area contributed by atoms with Gasteiger partial charge in [-0.15, -0.1) is 13.2 Å². The highest BCUT2D eigenvalue weighted by Crippen LogP contribution is 2.36. The molecule has 3 unspecified atom stereocenters. The number of alkyl halides is 3. The summed E-state index contributed by atoms with van der Waals surface area (Å²) in [6.07, 6.45) is -4.17. The quantitative estimate of drug-likeness (QED) is 0.923. The number of benzene rings is 1. The molecule has 2 rings (SSSR count). The van der Waals surface area contributed by atoms with E-state index in [0.29, 0.717) is 18.6 Å². The summed E-state index contributed by atoms with van der Waals surface area (Å²) in [5.74, 6) is -0.415. The van der Waals surface area contributed by atoms with E-state index >= 15 is 0 Å². The first kappa shape index (κ1) is 15.1. The fourth-order valence-corrected chi connectivity index (χ4v) is 2.59. The average Bonchev–Trinajstić information content (AvgIpc) is 2.84. The van der Waals surface area contributed by atoms with Gasteiger partial charge >= 0.3 is 6.36 Å². The Morgan fingerprint density at radius 3 is 2.85 bits per heavy atom. The Kier molecular flexibility index (Phi) is 4.55. The van der Waals surface area contributed by atoms with Crippen LogP contribution in [-0.4, -0.2) is 24.2 Å². The molecule has 3 atom stereocenters. The molecular weight excluding hydrogens is 273 g/mol. The Hall–Kier alpha value is -1.27. The van der Waals surface area contributed by atoms with E-state index < -0.39 is 12.5 Å². The molecule has 20 heavy (non-hydrogen) atoms. The SMILES string of the molecule is CCC1OCCC1C(O)c1cccc(OC(F)(F)F)c1. The van der Waals surface area contributed by atoms with Crippen LogP contribution < -0.4 is 4.74 Å². The van der Waals surface area contributed by atoms with E-state index in [4.69, 9.17) is 4.74 Å². The van der Waals surface area contributed by atoms with Crippen LogP contribution in [0.25, 0.3) is 0 Å². The molecule has 0 saturated carbocycles. The van der Waals surface area contributed by atoms with Crippen LogP contribution in [0.2, 0.25) is 0 Å². The van der Waals surface area contributed by atoms with Crippen LogP contribution >= 0.6 is 0 Å². The van der Waals surface area contributed by atoms with Crippen molar-refractivity contribution in [2.45, 2.75) is 38.3 Å². The van der Waals surface area contributed by atoms with Crippen LogP contribution in [0, 0.1) is 5.92 Å². The molecule has 0 aliphatic carbocycles. The van der Waals surface area contributed by atoms with Crippen LogP contribution in [0.3, 0.4) is 0 Å². The number of hydrogen-bond donors (Lipinski definition) is 1. The highest BCUT2D eigenvalue weighted by atomic mass is 19.4. The number of ether oxygens (including phenoxy) is 2. The van der Waals surface area contributed by atoms with Crippen molar-refractivity contribution >= 4 is 0 Å². The molecule has 1 heterocycles. The highest BCUT2D eigenvalue weighted by Gasteiger charge is 2.34. The van der Waals surface area contributed by atoms with Crippen LogP contribution in [-0.2, 0) is 4.74 Å². The van der Waals surface area contributed by atoms with Crippen molar-refractivity contribution in [2.24, 2.45) is 5.92 Å². The minimum absolute atomic E-state index is 0.0582. The zero-order valence-corrected chi connectivity index (χ0v) is 11.1. The second kappa shape index (κ2) is 6.01. The Bertz CT molecular complexity index is 448. The minimum atomic E-state index is -4.73. The first-order valence-electron chi connectivity index (χ1n) is 6.56. The van der Waals surface area contributed by atoms with Gasteiger partial charge in [0.15, 0.2) is 0 Å². The lowest BCUT2D eigenvalue weighted by molar-refractivity contribution is -0.274.